The van der Waals surface area contributed by atoms with Crippen molar-refractivity contribution in [3.8, 4) is 5.88 Å². The van der Waals surface area contributed by atoms with Gasteiger partial charge in [0.2, 0.25) is 5.88 Å². The minimum Gasteiger partial charge on any atom is -0.480 e. The summed E-state index contributed by atoms with van der Waals surface area (Å²) in [5, 5.41) is 7.11. The summed E-state index contributed by atoms with van der Waals surface area (Å²) in [6.07, 6.45) is -1.71. The van der Waals surface area contributed by atoms with E-state index in [2.05, 4.69) is 15.4 Å². The largest absolute Gasteiger partial charge is 0.480 e. The molecule has 1 N–H and O–H groups in total. The average molecular weight is 556 g/mol. The number of halogens is 5. The number of benzene rings is 1. The standard InChI is InChI=1S/C24H22Cl2F3N5O3/c1-12(2)34-20-18(32-21(35)15-5-4-14(25)9-16(15)24(27,28)29)6-7-33(19(20)11-31-34)23(36)13-8-17(26)22(37-3)30-10-13/h4-5,8-12,18H,6-7H2,1-3H3,(H,32,35). The van der Waals surface area contributed by atoms with Gasteiger partial charge in [-0.15, -0.1) is 0 Å². The molecule has 1 aromatic carbocycles. The Bertz CT molecular complexity index is 1360. The first-order chi connectivity index (χ1) is 17.4. The highest BCUT2D eigenvalue weighted by Crippen LogP contribution is 2.38. The molecule has 0 saturated heterocycles. The van der Waals surface area contributed by atoms with Crippen LogP contribution in [0.4, 0.5) is 18.9 Å². The number of pyridine rings is 1. The van der Waals surface area contributed by atoms with E-state index in [1.54, 1.807) is 4.68 Å². The summed E-state index contributed by atoms with van der Waals surface area (Å²) in [6, 6.07) is 3.57. The van der Waals surface area contributed by atoms with E-state index in [-0.39, 0.29) is 40.5 Å². The first kappa shape index (κ1) is 26.7. The maximum Gasteiger partial charge on any atom is 0.417 e. The minimum atomic E-state index is -4.77. The first-order valence-electron chi connectivity index (χ1n) is 11.2. The average Bonchev–Trinajstić information content (AvgIpc) is 3.29. The van der Waals surface area contributed by atoms with Crippen LogP contribution in [0, 0.1) is 0 Å². The van der Waals surface area contributed by atoms with Crippen molar-refractivity contribution < 1.29 is 27.5 Å². The summed E-state index contributed by atoms with van der Waals surface area (Å²) in [5.74, 6) is -1.14. The van der Waals surface area contributed by atoms with Gasteiger partial charge in [0.25, 0.3) is 11.8 Å². The molecule has 3 aromatic rings. The van der Waals surface area contributed by atoms with E-state index in [0.29, 0.717) is 11.4 Å². The van der Waals surface area contributed by atoms with Crippen LogP contribution in [0.3, 0.4) is 0 Å². The molecule has 37 heavy (non-hydrogen) atoms. The van der Waals surface area contributed by atoms with E-state index in [9.17, 15) is 22.8 Å². The van der Waals surface area contributed by atoms with Crippen molar-refractivity contribution in [3.63, 3.8) is 0 Å². The molecule has 0 saturated carbocycles. The zero-order chi connectivity index (χ0) is 27.1. The van der Waals surface area contributed by atoms with Gasteiger partial charge in [-0.05, 0) is 44.5 Å². The number of ether oxygens (including phenoxy) is 1. The zero-order valence-electron chi connectivity index (χ0n) is 19.9. The number of carbonyl (C=O) groups is 2. The molecule has 196 valence electrons. The van der Waals surface area contributed by atoms with Crippen LogP contribution in [0.25, 0.3) is 0 Å². The summed E-state index contributed by atoms with van der Waals surface area (Å²) >= 11 is 11.9. The number of fused-ring (bicyclic) bond motifs is 1. The lowest BCUT2D eigenvalue weighted by Crippen LogP contribution is -2.42. The summed E-state index contributed by atoms with van der Waals surface area (Å²) in [4.78, 5) is 31.9. The normalized spacial score (nSPS) is 15.5. The Morgan fingerprint density at radius 3 is 2.54 bits per heavy atom. The Hall–Kier alpha value is -3.31. The van der Waals surface area contributed by atoms with Crippen LogP contribution in [0.15, 0.2) is 36.7 Å². The van der Waals surface area contributed by atoms with E-state index in [1.165, 1.54) is 36.5 Å². The number of rotatable bonds is 5. The smallest absolute Gasteiger partial charge is 0.417 e. The predicted octanol–water partition coefficient (Wildman–Crippen LogP) is 5.71. The van der Waals surface area contributed by atoms with Gasteiger partial charge in [-0.3, -0.25) is 14.3 Å². The number of aromatic nitrogens is 3. The van der Waals surface area contributed by atoms with Crippen molar-refractivity contribution in [1.29, 1.82) is 0 Å². The Labute approximate surface area is 220 Å². The number of alkyl halides is 3. The molecular weight excluding hydrogens is 534 g/mol. The van der Waals surface area contributed by atoms with Crippen molar-refractivity contribution in [2.75, 3.05) is 18.6 Å². The van der Waals surface area contributed by atoms with Crippen LogP contribution >= 0.6 is 23.2 Å². The van der Waals surface area contributed by atoms with Gasteiger partial charge in [0, 0.05) is 23.8 Å². The topological polar surface area (TPSA) is 89.3 Å². The lowest BCUT2D eigenvalue weighted by atomic mass is 10.00. The van der Waals surface area contributed by atoms with Crippen LogP contribution in [0.1, 0.15) is 64.3 Å². The molecule has 0 aliphatic carbocycles. The molecule has 2 amide bonds. The first-order valence-corrected chi connectivity index (χ1v) is 11.9. The number of methoxy groups -OCH3 is 1. The summed E-state index contributed by atoms with van der Waals surface area (Å²) in [5.41, 5.74) is -0.544. The molecule has 1 aliphatic heterocycles. The van der Waals surface area contributed by atoms with Crippen LogP contribution in [-0.2, 0) is 6.18 Å². The van der Waals surface area contributed by atoms with Gasteiger partial charge in [-0.2, -0.15) is 18.3 Å². The second-order valence-electron chi connectivity index (χ2n) is 8.63. The fourth-order valence-electron chi connectivity index (χ4n) is 4.22. The highest BCUT2D eigenvalue weighted by molar-refractivity contribution is 6.32. The third kappa shape index (κ3) is 5.24. The zero-order valence-corrected chi connectivity index (χ0v) is 21.4. The number of nitrogens with one attached hydrogen (secondary N) is 1. The van der Waals surface area contributed by atoms with Crippen molar-refractivity contribution in [2.24, 2.45) is 0 Å². The Kier molecular flexibility index (Phi) is 7.38. The number of carbonyl (C=O) groups excluding carboxylic acids is 2. The Balaban J connectivity index is 1.68. The van der Waals surface area contributed by atoms with Gasteiger partial charge in [-0.1, -0.05) is 23.2 Å². The van der Waals surface area contributed by atoms with E-state index >= 15 is 0 Å². The summed E-state index contributed by atoms with van der Waals surface area (Å²) in [7, 11) is 1.41. The lowest BCUT2D eigenvalue weighted by Gasteiger charge is -2.33. The molecule has 2 aromatic heterocycles. The van der Waals surface area contributed by atoms with Gasteiger partial charge in [0.15, 0.2) is 0 Å². The molecule has 1 atom stereocenters. The number of hydrogen-bond acceptors (Lipinski definition) is 5. The van der Waals surface area contributed by atoms with Gasteiger partial charge >= 0.3 is 6.18 Å². The van der Waals surface area contributed by atoms with Crippen molar-refractivity contribution in [1.82, 2.24) is 20.1 Å². The monoisotopic (exact) mass is 555 g/mol. The van der Waals surface area contributed by atoms with E-state index in [1.807, 2.05) is 13.8 Å². The van der Waals surface area contributed by atoms with Gasteiger partial charge in [0.05, 0.1) is 47.4 Å². The predicted molar refractivity (Wildman–Crippen MR) is 131 cm³/mol. The lowest BCUT2D eigenvalue weighted by molar-refractivity contribution is -0.137. The number of nitrogens with zero attached hydrogens (tertiary/aromatic N) is 4. The van der Waals surface area contributed by atoms with Crippen LogP contribution < -0.4 is 15.0 Å². The van der Waals surface area contributed by atoms with Crippen molar-refractivity contribution >= 4 is 40.7 Å². The van der Waals surface area contributed by atoms with Gasteiger partial charge in [-0.25, -0.2) is 4.98 Å². The molecular formula is C24H22Cl2F3N5O3. The molecule has 0 bridgehead atoms. The molecule has 8 nitrogen and oxygen atoms in total. The van der Waals surface area contributed by atoms with Crippen LogP contribution in [0.2, 0.25) is 10.0 Å². The molecule has 0 spiro atoms. The fourth-order valence-corrected chi connectivity index (χ4v) is 4.64. The molecule has 13 heteroatoms. The number of amides is 2. The third-order valence-electron chi connectivity index (χ3n) is 5.89. The summed E-state index contributed by atoms with van der Waals surface area (Å²) in [6.45, 7) is 3.89. The quantitative estimate of drug-likeness (QED) is 0.435. The number of anilines is 1. The highest BCUT2D eigenvalue weighted by atomic mass is 35.5. The number of hydrogen-bond donors (Lipinski definition) is 1. The van der Waals surface area contributed by atoms with E-state index in [0.717, 1.165) is 12.1 Å². The highest BCUT2D eigenvalue weighted by Gasteiger charge is 2.38. The van der Waals surface area contributed by atoms with Crippen LogP contribution in [0.5, 0.6) is 5.88 Å². The fraction of sp³-hybridized carbons (Fsp3) is 0.333. The molecule has 1 aliphatic rings. The molecule has 0 fully saturated rings. The van der Waals surface area contributed by atoms with Crippen molar-refractivity contribution in [2.45, 2.75) is 38.5 Å². The molecule has 1 unspecified atom stereocenters. The second-order valence-corrected chi connectivity index (χ2v) is 9.47. The molecule has 4 rings (SSSR count). The summed E-state index contributed by atoms with van der Waals surface area (Å²) < 4.78 is 47.4. The van der Waals surface area contributed by atoms with Gasteiger partial charge < -0.3 is 15.0 Å². The van der Waals surface area contributed by atoms with E-state index in [4.69, 9.17) is 27.9 Å². The molecule has 3 heterocycles. The maximum atomic E-state index is 13.6. The van der Waals surface area contributed by atoms with Gasteiger partial charge in [0.1, 0.15) is 5.02 Å². The van der Waals surface area contributed by atoms with Crippen LogP contribution in [-0.4, -0.2) is 40.2 Å². The Morgan fingerprint density at radius 1 is 1.19 bits per heavy atom. The van der Waals surface area contributed by atoms with Crippen molar-refractivity contribution in [3.05, 3.63) is 69.1 Å². The second kappa shape index (κ2) is 10.2. The minimum absolute atomic E-state index is 0.135. The SMILES string of the molecule is COc1ncc(C(=O)N2CCC(NC(=O)c3ccc(Cl)cc3C(F)(F)F)c3c2cnn3C(C)C)cc1Cl. The maximum absolute atomic E-state index is 13.6. The van der Waals surface area contributed by atoms with E-state index < -0.39 is 35.2 Å². The Morgan fingerprint density at radius 2 is 1.92 bits per heavy atom. The molecule has 0 radical (unpaired) electrons. The third-order valence-corrected chi connectivity index (χ3v) is 6.40.